The first kappa shape index (κ1) is 15.8. The summed E-state index contributed by atoms with van der Waals surface area (Å²) >= 11 is 0. The second kappa shape index (κ2) is 7.46. The maximum Gasteiger partial charge on any atom is 0.0200 e. The predicted octanol–water partition coefficient (Wildman–Crippen LogP) is 4.20. The molecule has 3 atom stereocenters. The van der Waals surface area contributed by atoms with Gasteiger partial charge in [-0.3, -0.25) is 4.90 Å². The van der Waals surface area contributed by atoms with E-state index < -0.39 is 0 Å². The van der Waals surface area contributed by atoms with Gasteiger partial charge in [0.1, 0.15) is 0 Å². The van der Waals surface area contributed by atoms with Crippen molar-refractivity contribution < 1.29 is 0 Å². The largest absolute Gasteiger partial charge is 0.310 e. The molecule has 0 amide bonds. The lowest BCUT2D eigenvalue weighted by Gasteiger charge is -2.43. The van der Waals surface area contributed by atoms with Gasteiger partial charge >= 0.3 is 0 Å². The van der Waals surface area contributed by atoms with Gasteiger partial charge in [-0.15, -0.1) is 0 Å². The third-order valence-electron chi connectivity index (χ3n) is 6.14. The number of nitrogens with one attached hydrogen (secondary N) is 1. The van der Waals surface area contributed by atoms with Crippen molar-refractivity contribution in [3.8, 4) is 0 Å². The number of nitrogens with zero attached hydrogens (tertiary/aromatic N) is 1. The Morgan fingerprint density at radius 1 is 1.00 bits per heavy atom. The van der Waals surface area contributed by atoms with E-state index in [4.69, 9.17) is 0 Å². The molecule has 1 N–H and O–H groups in total. The van der Waals surface area contributed by atoms with Crippen LogP contribution in [0.3, 0.4) is 0 Å². The van der Waals surface area contributed by atoms with Crippen molar-refractivity contribution in [2.45, 2.75) is 96.2 Å². The standard InChI is InChI=1S/C19H36N2/c1-3-7-15-12-18(20-17-8-5-6-9-17)14-21(13-15)19(4-2)16-10-11-16/h15-20H,3-14H2,1-2H3. The summed E-state index contributed by atoms with van der Waals surface area (Å²) in [4.78, 5) is 2.88. The van der Waals surface area contributed by atoms with E-state index in [0.29, 0.717) is 0 Å². The molecule has 0 aromatic carbocycles. The first-order valence-corrected chi connectivity index (χ1v) is 9.80. The molecule has 0 radical (unpaired) electrons. The van der Waals surface area contributed by atoms with Gasteiger partial charge in [0.2, 0.25) is 0 Å². The fourth-order valence-corrected chi connectivity index (χ4v) is 5.05. The van der Waals surface area contributed by atoms with Gasteiger partial charge in [-0.2, -0.15) is 0 Å². The summed E-state index contributed by atoms with van der Waals surface area (Å²) in [5.41, 5.74) is 0. The van der Waals surface area contributed by atoms with Crippen molar-refractivity contribution in [3.63, 3.8) is 0 Å². The van der Waals surface area contributed by atoms with Crippen LogP contribution in [0.15, 0.2) is 0 Å². The van der Waals surface area contributed by atoms with Gasteiger partial charge in [-0.1, -0.05) is 33.1 Å². The topological polar surface area (TPSA) is 15.3 Å². The Labute approximate surface area is 132 Å². The highest BCUT2D eigenvalue weighted by molar-refractivity contribution is 4.94. The van der Waals surface area contributed by atoms with Gasteiger partial charge in [0.05, 0.1) is 0 Å². The average molecular weight is 293 g/mol. The fourth-order valence-electron chi connectivity index (χ4n) is 5.05. The SMILES string of the molecule is CCCC1CC(NC2CCCC2)CN(C(CC)C2CC2)C1. The molecule has 3 rings (SSSR count). The van der Waals surface area contributed by atoms with Gasteiger partial charge in [0, 0.05) is 31.2 Å². The molecular formula is C19H36N2. The van der Waals surface area contributed by atoms with E-state index in [1.807, 2.05) is 0 Å². The Bertz CT molecular complexity index is 307. The summed E-state index contributed by atoms with van der Waals surface area (Å²) < 4.78 is 0. The molecule has 0 aromatic rings. The van der Waals surface area contributed by atoms with Gasteiger partial charge in [0.25, 0.3) is 0 Å². The summed E-state index contributed by atoms with van der Waals surface area (Å²) in [6.45, 7) is 7.47. The van der Waals surface area contributed by atoms with E-state index in [9.17, 15) is 0 Å². The van der Waals surface area contributed by atoms with Crippen LogP contribution < -0.4 is 5.32 Å². The van der Waals surface area contributed by atoms with Crippen LogP contribution in [0, 0.1) is 11.8 Å². The van der Waals surface area contributed by atoms with Crippen LogP contribution in [-0.4, -0.2) is 36.1 Å². The Kier molecular flexibility index (Phi) is 5.61. The van der Waals surface area contributed by atoms with Gasteiger partial charge < -0.3 is 5.32 Å². The maximum atomic E-state index is 4.03. The molecule has 3 unspecified atom stereocenters. The van der Waals surface area contributed by atoms with Gasteiger partial charge in [-0.05, 0) is 56.8 Å². The minimum absolute atomic E-state index is 0.770. The zero-order valence-electron chi connectivity index (χ0n) is 14.3. The second-order valence-corrected chi connectivity index (χ2v) is 8.00. The predicted molar refractivity (Wildman–Crippen MR) is 90.6 cm³/mol. The molecule has 2 aliphatic carbocycles. The molecule has 1 aliphatic heterocycles. The molecule has 2 saturated carbocycles. The third-order valence-corrected chi connectivity index (χ3v) is 6.14. The van der Waals surface area contributed by atoms with E-state index in [0.717, 1.165) is 30.0 Å². The van der Waals surface area contributed by atoms with Crippen LogP contribution >= 0.6 is 0 Å². The number of likely N-dealkylation sites (tertiary alicyclic amines) is 1. The summed E-state index contributed by atoms with van der Waals surface area (Å²) in [5.74, 6) is 1.97. The molecule has 1 heterocycles. The Morgan fingerprint density at radius 2 is 1.76 bits per heavy atom. The van der Waals surface area contributed by atoms with Gasteiger partial charge in [0.15, 0.2) is 0 Å². The molecule has 3 fully saturated rings. The van der Waals surface area contributed by atoms with Gasteiger partial charge in [-0.25, -0.2) is 0 Å². The second-order valence-electron chi connectivity index (χ2n) is 8.00. The molecule has 21 heavy (non-hydrogen) atoms. The normalized spacial score (nSPS) is 33.4. The first-order valence-electron chi connectivity index (χ1n) is 9.80. The smallest absolute Gasteiger partial charge is 0.0200 e. The Morgan fingerprint density at radius 3 is 2.38 bits per heavy atom. The van der Waals surface area contributed by atoms with Crippen molar-refractivity contribution in [2.75, 3.05) is 13.1 Å². The van der Waals surface area contributed by atoms with E-state index in [1.165, 1.54) is 77.3 Å². The van der Waals surface area contributed by atoms with Crippen LogP contribution in [-0.2, 0) is 0 Å². The molecule has 122 valence electrons. The molecule has 0 bridgehead atoms. The molecule has 0 spiro atoms. The molecule has 0 aromatic heterocycles. The summed E-state index contributed by atoms with van der Waals surface area (Å²) in [5, 5.41) is 4.03. The third kappa shape index (κ3) is 4.22. The fraction of sp³-hybridized carbons (Fsp3) is 1.00. The molecular weight excluding hydrogens is 256 g/mol. The van der Waals surface area contributed by atoms with E-state index in [-0.39, 0.29) is 0 Å². The maximum absolute atomic E-state index is 4.03. The Balaban J connectivity index is 1.59. The number of hydrogen-bond acceptors (Lipinski definition) is 2. The van der Waals surface area contributed by atoms with Crippen LogP contribution in [0.25, 0.3) is 0 Å². The number of rotatable bonds is 7. The zero-order valence-corrected chi connectivity index (χ0v) is 14.3. The van der Waals surface area contributed by atoms with Crippen molar-refractivity contribution in [2.24, 2.45) is 11.8 Å². The minimum Gasteiger partial charge on any atom is -0.310 e. The lowest BCUT2D eigenvalue weighted by Crippen LogP contribution is -2.54. The monoisotopic (exact) mass is 292 g/mol. The number of hydrogen-bond donors (Lipinski definition) is 1. The van der Waals surface area contributed by atoms with E-state index in [1.54, 1.807) is 0 Å². The zero-order chi connectivity index (χ0) is 14.7. The van der Waals surface area contributed by atoms with Crippen LogP contribution in [0.2, 0.25) is 0 Å². The molecule has 1 saturated heterocycles. The summed E-state index contributed by atoms with van der Waals surface area (Å²) in [7, 11) is 0. The van der Waals surface area contributed by atoms with Crippen LogP contribution in [0.1, 0.15) is 78.1 Å². The highest BCUT2D eigenvalue weighted by atomic mass is 15.2. The van der Waals surface area contributed by atoms with Crippen molar-refractivity contribution in [3.05, 3.63) is 0 Å². The lowest BCUT2D eigenvalue weighted by atomic mass is 9.88. The van der Waals surface area contributed by atoms with Crippen LogP contribution in [0.5, 0.6) is 0 Å². The van der Waals surface area contributed by atoms with E-state index in [2.05, 4.69) is 24.1 Å². The first-order chi connectivity index (χ1) is 10.3. The van der Waals surface area contributed by atoms with Crippen LogP contribution in [0.4, 0.5) is 0 Å². The quantitative estimate of drug-likeness (QED) is 0.756. The van der Waals surface area contributed by atoms with Crippen molar-refractivity contribution >= 4 is 0 Å². The summed E-state index contributed by atoms with van der Waals surface area (Å²) in [6, 6.07) is 2.49. The lowest BCUT2D eigenvalue weighted by molar-refractivity contribution is 0.0770. The summed E-state index contributed by atoms with van der Waals surface area (Å²) in [6.07, 6.45) is 14.3. The Hall–Kier alpha value is -0.0800. The molecule has 3 aliphatic rings. The highest BCUT2D eigenvalue weighted by Gasteiger charge is 2.38. The molecule has 2 nitrogen and oxygen atoms in total. The average Bonchev–Trinajstić information content (AvgIpc) is 3.17. The van der Waals surface area contributed by atoms with Crippen molar-refractivity contribution in [1.29, 1.82) is 0 Å². The number of piperidine rings is 1. The highest BCUT2D eigenvalue weighted by Crippen LogP contribution is 2.38. The van der Waals surface area contributed by atoms with E-state index >= 15 is 0 Å². The minimum atomic E-state index is 0.770. The van der Waals surface area contributed by atoms with Crippen molar-refractivity contribution in [1.82, 2.24) is 10.2 Å². The molecule has 2 heteroatoms.